The average Bonchev–Trinajstić information content (AvgIpc) is 3.28. The molecule has 0 spiro atoms. The Kier molecular flexibility index (Phi) is 6.70. The molecule has 0 unspecified atom stereocenters. The van der Waals surface area contributed by atoms with E-state index >= 15 is 0 Å². The third kappa shape index (κ3) is 4.91. The Morgan fingerprint density at radius 2 is 1.81 bits per heavy atom. The molecule has 1 aromatic heterocycles. The Hall–Kier alpha value is -3.39. The molecular formula is C24H28N4O4. The highest BCUT2D eigenvalue weighted by Gasteiger charge is 2.24. The van der Waals surface area contributed by atoms with Crippen molar-refractivity contribution < 1.29 is 18.8 Å². The number of piperazine rings is 1. The van der Waals surface area contributed by atoms with Crippen molar-refractivity contribution in [2.24, 2.45) is 0 Å². The highest BCUT2D eigenvalue weighted by Crippen LogP contribution is 2.28. The Labute approximate surface area is 187 Å². The van der Waals surface area contributed by atoms with Gasteiger partial charge in [0.1, 0.15) is 0 Å². The number of hydrogen-bond acceptors (Lipinski definition) is 7. The van der Waals surface area contributed by atoms with Crippen molar-refractivity contribution in [2.45, 2.75) is 20.4 Å². The van der Waals surface area contributed by atoms with Crippen LogP contribution in [0.5, 0.6) is 11.5 Å². The molecule has 0 N–H and O–H groups in total. The van der Waals surface area contributed by atoms with Crippen LogP contribution in [-0.4, -0.2) is 65.7 Å². The molecule has 0 radical (unpaired) electrons. The predicted octanol–water partition coefficient (Wildman–Crippen LogP) is 3.41. The van der Waals surface area contributed by atoms with Crippen molar-refractivity contribution >= 4 is 5.91 Å². The second kappa shape index (κ2) is 9.82. The summed E-state index contributed by atoms with van der Waals surface area (Å²) in [6, 6.07) is 13.3. The van der Waals surface area contributed by atoms with Gasteiger partial charge in [0.05, 0.1) is 20.3 Å². The fraction of sp³-hybridized carbons (Fsp3) is 0.375. The first-order valence-corrected chi connectivity index (χ1v) is 10.8. The lowest BCUT2D eigenvalue weighted by Gasteiger charge is -2.34. The summed E-state index contributed by atoms with van der Waals surface area (Å²) in [4.78, 5) is 21.6. The molecule has 8 heteroatoms. The smallest absolute Gasteiger partial charge is 0.254 e. The van der Waals surface area contributed by atoms with E-state index in [2.05, 4.69) is 15.0 Å². The second-order valence-corrected chi connectivity index (χ2v) is 7.74. The number of carbonyl (C=O) groups excluding carboxylic acids is 1. The van der Waals surface area contributed by atoms with Crippen LogP contribution in [0.1, 0.15) is 28.7 Å². The van der Waals surface area contributed by atoms with Crippen LogP contribution in [0.25, 0.3) is 11.4 Å². The zero-order valence-corrected chi connectivity index (χ0v) is 18.7. The summed E-state index contributed by atoms with van der Waals surface area (Å²) >= 11 is 0. The van der Waals surface area contributed by atoms with Gasteiger partial charge in [-0.15, -0.1) is 0 Å². The van der Waals surface area contributed by atoms with Gasteiger partial charge in [0, 0.05) is 37.3 Å². The predicted molar refractivity (Wildman–Crippen MR) is 120 cm³/mol. The van der Waals surface area contributed by atoms with E-state index < -0.39 is 0 Å². The molecule has 2 aromatic carbocycles. The lowest BCUT2D eigenvalue weighted by Crippen LogP contribution is -2.48. The fourth-order valence-corrected chi connectivity index (χ4v) is 3.70. The van der Waals surface area contributed by atoms with Crippen molar-refractivity contribution in [3.8, 4) is 22.9 Å². The Bertz CT molecular complexity index is 1060. The SMILES string of the molecule is CCOc1ccc(C(=O)N2CCN(Cc3nc(-c4ccc(C)cc4)no3)CC2)cc1OC. The molecule has 1 amide bonds. The fourth-order valence-electron chi connectivity index (χ4n) is 3.70. The molecule has 168 valence electrons. The number of aromatic nitrogens is 2. The topological polar surface area (TPSA) is 80.9 Å². The van der Waals surface area contributed by atoms with Crippen LogP contribution in [0.2, 0.25) is 0 Å². The highest BCUT2D eigenvalue weighted by atomic mass is 16.5. The van der Waals surface area contributed by atoms with Crippen LogP contribution in [0.4, 0.5) is 0 Å². The number of aryl methyl sites for hydroxylation is 1. The van der Waals surface area contributed by atoms with Gasteiger partial charge < -0.3 is 18.9 Å². The van der Waals surface area contributed by atoms with E-state index in [-0.39, 0.29) is 5.91 Å². The first-order valence-electron chi connectivity index (χ1n) is 10.8. The maximum Gasteiger partial charge on any atom is 0.254 e. The van der Waals surface area contributed by atoms with Crippen LogP contribution in [-0.2, 0) is 6.54 Å². The maximum absolute atomic E-state index is 13.0. The summed E-state index contributed by atoms with van der Waals surface area (Å²) in [5, 5.41) is 4.10. The first-order chi connectivity index (χ1) is 15.6. The first kappa shape index (κ1) is 21.8. The van der Waals surface area contributed by atoms with E-state index in [9.17, 15) is 4.79 Å². The quantitative estimate of drug-likeness (QED) is 0.561. The lowest BCUT2D eigenvalue weighted by atomic mass is 10.1. The largest absolute Gasteiger partial charge is 0.493 e. The molecular weight excluding hydrogens is 408 g/mol. The summed E-state index contributed by atoms with van der Waals surface area (Å²) < 4.78 is 16.4. The zero-order chi connectivity index (χ0) is 22.5. The number of ether oxygens (including phenoxy) is 2. The molecule has 0 atom stereocenters. The minimum atomic E-state index is -0.00885. The molecule has 1 aliphatic rings. The van der Waals surface area contributed by atoms with E-state index in [1.54, 1.807) is 25.3 Å². The Balaban J connectivity index is 1.33. The highest BCUT2D eigenvalue weighted by molar-refractivity contribution is 5.95. The van der Waals surface area contributed by atoms with Crippen LogP contribution >= 0.6 is 0 Å². The van der Waals surface area contributed by atoms with Gasteiger partial charge in [0.25, 0.3) is 5.91 Å². The molecule has 1 fully saturated rings. The minimum absolute atomic E-state index is 0.00885. The Morgan fingerprint density at radius 1 is 1.06 bits per heavy atom. The van der Waals surface area contributed by atoms with Gasteiger partial charge in [-0.3, -0.25) is 9.69 Å². The number of amides is 1. The van der Waals surface area contributed by atoms with Gasteiger partial charge in [-0.1, -0.05) is 35.0 Å². The van der Waals surface area contributed by atoms with E-state index in [1.807, 2.05) is 43.0 Å². The van der Waals surface area contributed by atoms with Crippen molar-refractivity contribution in [1.82, 2.24) is 19.9 Å². The molecule has 0 saturated carbocycles. The monoisotopic (exact) mass is 436 g/mol. The van der Waals surface area contributed by atoms with E-state index in [1.165, 1.54) is 5.56 Å². The molecule has 3 aromatic rings. The molecule has 1 saturated heterocycles. The molecule has 2 heterocycles. The third-order valence-corrected chi connectivity index (χ3v) is 5.51. The van der Waals surface area contributed by atoms with Crippen LogP contribution in [0.3, 0.4) is 0 Å². The molecule has 1 aliphatic heterocycles. The standard InChI is InChI=1S/C24H28N4O4/c1-4-31-20-10-9-19(15-21(20)30-3)24(29)28-13-11-27(12-14-28)16-22-25-23(26-32-22)18-7-5-17(2)6-8-18/h5-10,15H,4,11-14,16H2,1-3H3. The van der Waals surface area contributed by atoms with Crippen molar-refractivity contribution in [1.29, 1.82) is 0 Å². The van der Waals surface area contributed by atoms with Gasteiger partial charge in [-0.25, -0.2) is 0 Å². The van der Waals surface area contributed by atoms with Gasteiger partial charge in [-0.05, 0) is 32.0 Å². The van der Waals surface area contributed by atoms with Gasteiger partial charge >= 0.3 is 0 Å². The number of nitrogens with zero attached hydrogens (tertiary/aromatic N) is 4. The summed E-state index contributed by atoms with van der Waals surface area (Å²) in [5.74, 6) is 2.37. The summed E-state index contributed by atoms with van der Waals surface area (Å²) in [6.45, 7) is 7.80. The number of benzene rings is 2. The normalized spacial score (nSPS) is 14.4. The number of rotatable bonds is 7. The van der Waals surface area contributed by atoms with Gasteiger partial charge in [-0.2, -0.15) is 4.98 Å². The van der Waals surface area contributed by atoms with E-state index in [0.717, 1.165) is 18.7 Å². The molecule has 0 bridgehead atoms. The second-order valence-electron chi connectivity index (χ2n) is 7.74. The number of hydrogen-bond donors (Lipinski definition) is 0. The van der Waals surface area contributed by atoms with Crippen molar-refractivity contribution in [3.63, 3.8) is 0 Å². The molecule has 8 nitrogen and oxygen atoms in total. The molecule has 0 aliphatic carbocycles. The summed E-state index contributed by atoms with van der Waals surface area (Å²) in [6.07, 6.45) is 0. The third-order valence-electron chi connectivity index (χ3n) is 5.51. The average molecular weight is 437 g/mol. The van der Waals surface area contributed by atoms with Crippen LogP contribution in [0.15, 0.2) is 47.0 Å². The van der Waals surface area contributed by atoms with Crippen molar-refractivity contribution in [3.05, 3.63) is 59.5 Å². The van der Waals surface area contributed by atoms with E-state index in [0.29, 0.717) is 55.0 Å². The van der Waals surface area contributed by atoms with Gasteiger partial charge in [0.2, 0.25) is 11.7 Å². The van der Waals surface area contributed by atoms with Crippen LogP contribution < -0.4 is 9.47 Å². The summed E-state index contributed by atoms with van der Waals surface area (Å²) in [5.41, 5.74) is 2.72. The van der Waals surface area contributed by atoms with Gasteiger partial charge in [0.15, 0.2) is 11.5 Å². The molecule has 4 rings (SSSR count). The minimum Gasteiger partial charge on any atom is -0.493 e. The Morgan fingerprint density at radius 3 is 2.50 bits per heavy atom. The molecule has 32 heavy (non-hydrogen) atoms. The van der Waals surface area contributed by atoms with E-state index in [4.69, 9.17) is 14.0 Å². The lowest BCUT2D eigenvalue weighted by molar-refractivity contribution is 0.0614. The number of carbonyl (C=O) groups is 1. The number of methoxy groups -OCH3 is 1. The van der Waals surface area contributed by atoms with Crippen LogP contribution in [0, 0.1) is 6.92 Å². The maximum atomic E-state index is 13.0. The zero-order valence-electron chi connectivity index (χ0n) is 18.7. The summed E-state index contributed by atoms with van der Waals surface area (Å²) in [7, 11) is 1.58. The van der Waals surface area contributed by atoms with Crippen molar-refractivity contribution in [2.75, 3.05) is 39.9 Å².